The molecule has 0 spiro atoms. The number of pyridine rings is 1. The van der Waals surface area contributed by atoms with Crippen LogP contribution in [0.2, 0.25) is 0 Å². The van der Waals surface area contributed by atoms with E-state index in [-0.39, 0.29) is 0 Å². The molecule has 0 saturated carbocycles. The molecule has 0 bridgehead atoms. The first kappa shape index (κ1) is 14.7. The summed E-state index contributed by atoms with van der Waals surface area (Å²) in [7, 11) is 1.72. The molecule has 0 amide bonds. The first-order valence-electron chi connectivity index (χ1n) is 7.03. The molecule has 1 aromatic carbocycles. The van der Waals surface area contributed by atoms with Gasteiger partial charge in [-0.15, -0.1) is 0 Å². The number of ether oxygens (including phenoxy) is 1. The molecule has 0 atom stereocenters. The Bertz CT molecular complexity index is 578. The molecular formula is C17H22N2O. The van der Waals surface area contributed by atoms with E-state index in [1.807, 2.05) is 6.92 Å². The van der Waals surface area contributed by atoms with Gasteiger partial charge in [0.05, 0.1) is 12.1 Å². The van der Waals surface area contributed by atoms with Gasteiger partial charge in [-0.3, -0.25) is 4.98 Å². The summed E-state index contributed by atoms with van der Waals surface area (Å²) in [5, 5.41) is 4.51. The lowest BCUT2D eigenvalue weighted by atomic mass is 10.1. The molecule has 3 heteroatoms. The van der Waals surface area contributed by atoms with Gasteiger partial charge in [0.15, 0.2) is 0 Å². The lowest BCUT2D eigenvalue weighted by molar-refractivity contribution is 0.199. The second-order valence-corrected chi connectivity index (χ2v) is 4.84. The fourth-order valence-corrected chi connectivity index (χ4v) is 2.05. The highest BCUT2D eigenvalue weighted by atomic mass is 16.5. The quantitative estimate of drug-likeness (QED) is 0.785. The van der Waals surface area contributed by atoms with E-state index in [2.05, 4.69) is 52.8 Å². The van der Waals surface area contributed by atoms with Crippen LogP contribution in [0.25, 0.3) is 17.0 Å². The Hall–Kier alpha value is -1.71. The summed E-state index contributed by atoms with van der Waals surface area (Å²) in [4.78, 5) is 4.51. The molecule has 0 radical (unpaired) electrons. The van der Waals surface area contributed by atoms with Crippen molar-refractivity contribution in [3.63, 3.8) is 0 Å². The summed E-state index contributed by atoms with van der Waals surface area (Å²) in [5.41, 5.74) is 3.34. The normalized spacial score (nSPS) is 11.5. The summed E-state index contributed by atoms with van der Waals surface area (Å²) in [6, 6.07) is 10.6. The molecule has 0 aliphatic rings. The maximum absolute atomic E-state index is 4.98. The van der Waals surface area contributed by atoms with Gasteiger partial charge in [0, 0.05) is 24.7 Å². The van der Waals surface area contributed by atoms with Gasteiger partial charge in [-0.1, -0.05) is 24.3 Å². The third-order valence-corrected chi connectivity index (χ3v) is 3.13. The fraction of sp³-hybridized carbons (Fsp3) is 0.353. The first-order valence-corrected chi connectivity index (χ1v) is 7.03. The number of benzene rings is 1. The third kappa shape index (κ3) is 4.44. The second kappa shape index (κ2) is 7.78. The van der Waals surface area contributed by atoms with Crippen LogP contribution >= 0.6 is 0 Å². The molecule has 2 aromatic rings. The van der Waals surface area contributed by atoms with Gasteiger partial charge in [-0.05, 0) is 43.7 Å². The molecule has 1 N–H and O–H groups in total. The number of nitrogens with one attached hydrogen (secondary N) is 1. The summed E-state index contributed by atoms with van der Waals surface area (Å²) in [6.45, 7) is 4.67. The molecule has 0 saturated heterocycles. The third-order valence-electron chi connectivity index (χ3n) is 3.13. The van der Waals surface area contributed by atoms with Crippen molar-refractivity contribution in [2.24, 2.45) is 0 Å². The van der Waals surface area contributed by atoms with Crippen LogP contribution < -0.4 is 5.32 Å². The highest BCUT2D eigenvalue weighted by molar-refractivity contribution is 5.81. The summed E-state index contributed by atoms with van der Waals surface area (Å²) < 4.78 is 4.98. The van der Waals surface area contributed by atoms with Crippen LogP contribution in [0, 0.1) is 6.92 Å². The van der Waals surface area contributed by atoms with Gasteiger partial charge in [0.2, 0.25) is 0 Å². The van der Waals surface area contributed by atoms with Crippen LogP contribution in [0.4, 0.5) is 0 Å². The average Bonchev–Trinajstić information content (AvgIpc) is 2.46. The van der Waals surface area contributed by atoms with Crippen molar-refractivity contribution in [2.75, 3.05) is 26.8 Å². The van der Waals surface area contributed by atoms with Gasteiger partial charge in [0.25, 0.3) is 0 Å². The highest BCUT2D eigenvalue weighted by Crippen LogP contribution is 2.15. The maximum Gasteiger partial charge on any atom is 0.0705 e. The lowest BCUT2D eigenvalue weighted by Gasteiger charge is -2.02. The van der Waals surface area contributed by atoms with E-state index in [0.717, 1.165) is 37.3 Å². The second-order valence-electron chi connectivity index (χ2n) is 4.84. The first-order chi connectivity index (χ1) is 9.79. The molecule has 0 aliphatic carbocycles. The van der Waals surface area contributed by atoms with Crippen LogP contribution in [0.5, 0.6) is 0 Å². The van der Waals surface area contributed by atoms with E-state index in [9.17, 15) is 0 Å². The number of methoxy groups -OCH3 is 1. The number of hydrogen-bond donors (Lipinski definition) is 1. The molecule has 0 fully saturated rings. The van der Waals surface area contributed by atoms with Crippen LogP contribution in [-0.2, 0) is 4.74 Å². The number of aryl methyl sites for hydroxylation is 1. The van der Waals surface area contributed by atoms with Gasteiger partial charge >= 0.3 is 0 Å². The number of hydrogen-bond acceptors (Lipinski definition) is 3. The molecule has 1 heterocycles. The van der Waals surface area contributed by atoms with E-state index in [1.54, 1.807) is 7.11 Å². The van der Waals surface area contributed by atoms with Crippen molar-refractivity contribution in [2.45, 2.75) is 13.3 Å². The Morgan fingerprint density at radius 1 is 1.20 bits per heavy atom. The highest BCUT2D eigenvalue weighted by Gasteiger charge is 1.96. The minimum atomic E-state index is 0.765. The SMILES string of the molecule is COCCNCC/C=C/c1ccc2nc(C)ccc2c1. The van der Waals surface area contributed by atoms with E-state index < -0.39 is 0 Å². The zero-order valence-electron chi connectivity index (χ0n) is 12.2. The monoisotopic (exact) mass is 270 g/mol. The average molecular weight is 270 g/mol. The minimum absolute atomic E-state index is 0.765. The number of aromatic nitrogens is 1. The molecule has 20 heavy (non-hydrogen) atoms. The molecule has 106 valence electrons. The van der Waals surface area contributed by atoms with Crippen LogP contribution in [0.15, 0.2) is 36.4 Å². The molecule has 3 nitrogen and oxygen atoms in total. The van der Waals surface area contributed by atoms with E-state index in [4.69, 9.17) is 4.74 Å². The van der Waals surface area contributed by atoms with Crippen molar-refractivity contribution in [3.8, 4) is 0 Å². The van der Waals surface area contributed by atoms with E-state index in [1.165, 1.54) is 10.9 Å². The van der Waals surface area contributed by atoms with Gasteiger partial charge < -0.3 is 10.1 Å². The Morgan fingerprint density at radius 3 is 2.95 bits per heavy atom. The van der Waals surface area contributed by atoms with Crippen molar-refractivity contribution in [3.05, 3.63) is 47.7 Å². The van der Waals surface area contributed by atoms with Gasteiger partial charge in [-0.2, -0.15) is 0 Å². The lowest BCUT2D eigenvalue weighted by Crippen LogP contribution is -2.19. The van der Waals surface area contributed by atoms with Crippen molar-refractivity contribution in [1.29, 1.82) is 0 Å². The number of nitrogens with zero attached hydrogens (tertiary/aromatic N) is 1. The maximum atomic E-state index is 4.98. The predicted octanol–water partition coefficient (Wildman–Crippen LogP) is 3.18. The Morgan fingerprint density at radius 2 is 2.10 bits per heavy atom. The predicted molar refractivity (Wildman–Crippen MR) is 84.9 cm³/mol. The molecule has 0 aliphatic heterocycles. The standard InChI is InChI=1S/C17H22N2O/c1-14-6-8-16-13-15(7-9-17(16)19-14)5-3-4-10-18-11-12-20-2/h3,5-9,13,18H,4,10-12H2,1-2H3/b5-3+. The molecule has 0 unspecified atom stereocenters. The zero-order valence-corrected chi connectivity index (χ0v) is 12.2. The van der Waals surface area contributed by atoms with E-state index >= 15 is 0 Å². The van der Waals surface area contributed by atoms with Crippen LogP contribution in [0.3, 0.4) is 0 Å². The largest absolute Gasteiger partial charge is 0.383 e. The Balaban J connectivity index is 1.88. The fourth-order valence-electron chi connectivity index (χ4n) is 2.05. The molecule has 1 aromatic heterocycles. The summed E-state index contributed by atoms with van der Waals surface area (Å²) >= 11 is 0. The smallest absolute Gasteiger partial charge is 0.0705 e. The van der Waals surface area contributed by atoms with Gasteiger partial charge in [-0.25, -0.2) is 0 Å². The van der Waals surface area contributed by atoms with Crippen molar-refractivity contribution in [1.82, 2.24) is 10.3 Å². The van der Waals surface area contributed by atoms with Crippen LogP contribution in [0.1, 0.15) is 17.7 Å². The van der Waals surface area contributed by atoms with Crippen molar-refractivity contribution < 1.29 is 4.74 Å². The topological polar surface area (TPSA) is 34.1 Å². The Labute approximate surface area is 120 Å². The van der Waals surface area contributed by atoms with Crippen LogP contribution in [-0.4, -0.2) is 31.8 Å². The minimum Gasteiger partial charge on any atom is -0.383 e. The zero-order chi connectivity index (χ0) is 14.2. The summed E-state index contributed by atoms with van der Waals surface area (Å²) in [6.07, 6.45) is 5.38. The Kier molecular flexibility index (Phi) is 5.71. The number of rotatable bonds is 7. The molecule has 2 rings (SSSR count). The molecular weight excluding hydrogens is 248 g/mol. The van der Waals surface area contributed by atoms with Crippen molar-refractivity contribution >= 4 is 17.0 Å². The van der Waals surface area contributed by atoms with E-state index in [0.29, 0.717) is 0 Å². The summed E-state index contributed by atoms with van der Waals surface area (Å²) in [5.74, 6) is 0. The number of fused-ring (bicyclic) bond motifs is 1. The van der Waals surface area contributed by atoms with Gasteiger partial charge in [0.1, 0.15) is 0 Å².